The Bertz CT molecular complexity index is 5180. The maximum absolute atomic E-state index is 6.99. The van der Waals surface area contributed by atoms with E-state index in [1.165, 1.54) is 11.0 Å². The summed E-state index contributed by atoms with van der Waals surface area (Å²) >= 11 is 0. The van der Waals surface area contributed by atoms with Crippen LogP contribution in [0.2, 0.25) is 0 Å². The van der Waals surface area contributed by atoms with Gasteiger partial charge in [-0.15, -0.1) is 0 Å². The lowest BCUT2D eigenvalue weighted by molar-refractivity contribution is 0.590. The summed E-state index contributed by atoms with van der Waals surface area (Å²) in [6, 6.07) is 116. The standard InChI is InChI=1S/C88H61BN2O2/c1-88(2,3)68-42-40-60(41-43-68)65-50-81-87-82(51-65)91(78-37-21-17-33-70(78)67-48-63(58-28-12-6-13-29-58)45-64(49-67)59-30-14-7-15-31-59)80-53-74-72-35-19-23-39-84(72)93-86(74)55-76(80)89(87)75-54-85-73(71-34-18-22-38-83(71)92-85)52-79(75)90(81)77-36-20-16-32-69(77)66-46-61(56-24-8-4-9-25-56)44-62(47-66)57-26-10-5-11-27-57/h4-55H,1-3H3. The molecule has 0 unspecified atom stereocenters. The van der Waals surface area contributed by atoms with Gasteiger partial charge < -0.3 is 18.6 Å². The average molecular weight is 1190 g/mol. The third kappa shape index (κ3) is 9.14. The quantitative estimate of drug-likeness (QED) is 0.135. The van der Waals surface area contributed by atoms with Gasteiger partial charge in [0.25, 0.3) is 6.71 Å². The Hall–Kier alpha value is -11.7. The molecule has 4 heterocycles. The molecule has 16 aromatic rings. The second-order valence-corrected chi connectivity index (χ2v) is 26.0. The van der Waals surface area contributed by atoms with E-state index in [-0.39, 0.29) is 12.1 Å². The van der Waals surface area contributed by atoms with Crippen LogP contribution >= 0.6 is 0 Å². The van der Waals surface area contributed by atoms with E-state index in [0.717, 1.165) is 167 Å². The Morgan fingerprint density at radius 1 is 0.247 bits per heavy atom. The number of furan rings is 2. The van der Waals surface area contributed by atoms with E-state index in [4.69, 9.17) is 8.83 Å². The van der Waals surface area contributed by atoms with Gasteiger partial charge in [-0.1, -0.05) is 239 Å². The zero-order valence-electron chi connectivity index (χ0n) is 51.8. The highest BCUT2D eigenvalue weighted by molar-refractivity contribution is 7.00. The van der Waals surface area contributed by atoms with E-state index in [9.17, 15) is 0 Å². The number of para-hydroxylation sites is 4. The molecule has 2 aliphatic rings. The maximum atomic E-state index is 6.99. The molecule has 2 aromatic heterocycles. The van der Waals surface area contributed by atoms with Crippen molar-refractivity contribution in [2.75, 3.05) is 9.80 Å². The molecule has 14 aromatic carbocycles. The van der Waals surface area contributed by atoms with Gasteiger partial charge in [0.2, 0.25) is 0 Å². The van der Waals surface area contributed by atoms with E-state index >= 15 is 0 Å². The minimum atomic E-state index is -0.281. The summed E-state index contributed by atoms with van der Waals surface area (Å²) in [5.74, 6) is 0. The van der Waals surface area contributed by atoms with Crippen molar-refractivity contribution in [3.05, 3.63) is 321 Å². The van der Waals surface area contributed by atoms with Gasteiger partial charge in [0.15, 0.2) is 0 Å². The fourth-order valence-electron chi connectivity index (χ4n) is 14.9. The lowest BCUT2D eigenvalue weighted by atomic mass is 9.33. The van der Waals surface area contributed by atoms with Crippen molar-refractivity contribution in [3.8, 4) is 77.9 Å². The Kier molecular flexibility index (Phi) is 12.6. The van der Waals surface area contributed by atoms with Crippen molar-refractivity contribution < 1.29 is 8.83 Å². The van der Waals surface area contributed by atoms with Gasteiger partial charge in [0, 0.05) is 55.4 Å². The topological polar surface area (TPSA) is 32.8 Å². The molecule has 0 radical (unpaired) electrons. The van der Waals surface area contributed by atoms with Crippen LogP contribution in [0.3, 0.4) is 0 Å². The van der Waals surface area contributed by atoms with Gasteiger partial charge in [-0.2, -0.15) is 0 Å². The molecule has 0 amide bonds. The zero-order chi connectivity index (χ0) is 61.9. The van der Waals surface area contributed by atoms with Crippen molar-refractivity contribution in [2.45, 2.75) is 26.2 Å². The second kappa shape index (κ2) is 21.5. The number of rotatable bonds is 9. The normalized spacial score (nSPS) is 12.6. The smallest absolute Gasteiger partial charge is 0.252 e. The van der Waals surface area contributed by atoms with Crippen LogP contribution in [0.1, 0.15) is 26.3 Å². The number of hydrogen-bond donors (Lipinski definition) is 0. The Labute approximate surface area is 541 Å². The molecule has 4 nitrogen and oxygen atoms in total. The third-order valence-electron chi connectivity index (χ3n) is 19.4. The molecule has 0 saturated carbocycles. The average Bonchev–Trinajstić information content (AvgIpc) is 1.45. The van der Waals surface area contributed by atoms with Crippen LogP contribution in [-0.4, -0.2) is 6.71 Å². The molecule has 0 fully saturated rings. The van der Waals surface area contributed by atoms with Gasteiger partial charge in [-0.05, 0) is 191 Å². The zero-order valence-corrected chi connectivity index (χ0v) is 51.8. The van der Waals surface area contributed by atoms with E-state index in [2.05, 4.69) is 346 Å². The first-order chi connectivity index (χ1) is 45.7. The molecule has 93 heavy (non-hydrogen) atoms. The summed E-state index contributed by atoms with van der Waals surface area (Å²) in [4.78, 5) is 5.19. The molecule has 0 N–H and O–H groups in total. The fraction of sp³-hybridized carbons (Fsp3) is 0.0455. The van der Waals surface area contributed by atoms with Gasteiger partial charge in [0.05, 0.1) is 11.4 Å². The van der Waals surface area contributed by atoms with Gasteiger partial charge in [-0.25, -0.2) is 0 Å². The van der Waals surface area contributed by atoms with Crippen LogP contribution in [0.25, 0.3) is 122 Å². The first kappa shape index (κ1) is 54.3. The highest BCUT2D eigenvalue weighted by Crippen LogP contribution is 2.52. The van der Waals surface area contributed by atoms with Crippen molar-refractivity contribution in [3.63, 3.8) is 0 Å². The molecule has 5 heteroatoms. The number of nitrogens with zero attached hydrogens (tertiary/aromatic N) is 2. The Morgan fingerprint density at radius 3 is 0.978 bits per heavy atom. The van der Waals surface area contributed by atoms with E-state index < -0.39 is 0 Å². The summed E-state index contributed by atoms with van der Waals surface area (Å²) in [5.41, 5.74) is 30.6. The highest BCUT2D eigenvalue weighted by atomic mass is 16.3. The van der Waals surface area contributed by atoms with Crippen molar-refractivity contribution >= 4 is 101 Å². The van der Waals surface area contributed by atoms with E-state index in [1.807, 2.05) is 0 Å². The summed E-state index contributed by atoms with van der Waals surface area (Å²) in [5, 5.41) is 4.28. The van der Waals surface area contributed by atoms with Crippen molar-refractivity contribution in [1.82, 2.24) is 0 Å². The molecule has 0 saturated heterocycles. The number of fused-ring (bicyclic) bond motifs is 10. The maximum Gasteiger partial charge on any atom is 0.252 e. The predicted octanol–water partition coefficient (Wildman–Crippen LogP) is 22.5. The molecule has 0 spiro atoms. The summed E-state index contributed by atoms with van der Waals surface area (Å²) in [7, 11) is 0. The molecule has 0 bridgehead atoms. The minimum Gasteiger partial charge on any atom is -0.456 e. The van der Waals surface area contributed by atoms with Crippen LogP contribution in [-0.2, 0) is 5.41 Å². The highest BCUT2D eigenvalue weighted by Gasteiger charge is 2.45. The number of hydrogen-bond acceptors (Lipinski definition) is 4. The van der Waals surface area contributed by atoms with Crippen molar-refractivity contribution in [2.24, 2.45) is 0 Å². The van der Waals surface area contributed by atoms with E-state index in [0.29, 0.717) is 0 Å². The number of benzene rings is 14. The van der Waals surface area contributed by atoms with E-state index in [1.54, 1.807) is 0 Å². The first-order valence-corrected chi connectivity index (χ1v) is 32.2. The van der Waals surface area contributed by atoms with Crippen LogP contribution < -0.4 is 26.2 Å². The fourth-order valence-corrected chi connectivity index (χ4v) is 14.9. The molecule has 2 aliphatic heterocycles. The van der Waals surface area contributed by atoms with Crippen molar-refractivity contribution in [1.29, 1.82) is 0 Å². The minimum absolute atomic E-state index is 0.0381. The SMILES string of the molecule is CC(C)(C)c1ccc(-c2cc3c4c(c2)N(c2ccccc2-c2cc(-c5ccccc5)cc(-c5ccccc5)c2)c2cc5c(cc2B4c2cc4oc6ccccc6c4cc2N3c2ccccc2-c2cc(-c3ccccc3)cc(-c3ccccc3)c2)oc2ccccc25)cc1. The van der Waals surface area contributed by atoms with Gasteiger partial charge in [0.1, 0.15) is 22.3 Å². The molecule has 18 rings (SSSR count). The second-order valence-electron chi connectivity index (χ2n) is 26.0. The predicted molar refractivity (Wildman–Crippen MR) is 392 cm³/mol. The number of anilines is 6. The van der Waals surface area contributed by atoms with Crippen LogP contribution in [0.4, 0.5) is 34.1 Å². The Morgan fingerprint density at radius 2 is 0.581 bits per heavy atom. The van der Waals surface area contributed by atoms with Crippen LogP contribution in [0.5, 0.6) is 0 Å². The molecule has 0 atom stereocenters. The summed E-state index contributed by atoms with van der Waals surface area (Å²) in [6.45, 7) is 6.60. The molecular formula is C88H61BN2O2. The lowest BCUT2D eigenvalue weighted by Crippen LogP contribution is -2.61. The van der Waals surface area contributed by atoms with Gasteiger partial charge in [-0.3, -0.25) is 0 Å². The monoisotopic (exact) mass is 1190 g/mol. The molecule has 0 aliphatic carbocycles. The summed E-state index contributed by atoms with van der Waals surface area (Å²) in [6.07, 6.45) is 0. The van der Waals surface area contributed by atoms with Crippen LogP contribution in [0.15, 0.2) is 324 Å². The molecule has 438 valence electrons. The Balaban J connectivity index is 0.967. The lowest BCUT2D eigenvalue weighted by Gasteiger charge is -2.45. The molecular weight excluding hydrogens is 1130 g/mol. The first-order valence-electron chi connectivity index (χ1n) is 32.2. The van der Waals surface area contributed by atoms with Gasteiger partial charge >= 0.3 is 0 Å². The van der Waals surface area contributed by atoms with Crippen LogP contribution in [0, 0.1) is 0 Å². The summed E-state index contributed by atoms with van der Waals surface area (Å²) < 4.78 is 14.0. The largest absolute Gasteiger partial charge is 0.456 e. The third-order valence-corrected chi connectivity index (χ3v) is 19.4.